The van der Waals surface area contributed by atoms with Crippen molar-refractivity contribution in [3.8, 4) is 0 Å². The second kappa shape index (κ2) is 11.8. The zero-order valence-electron chi connectivity index (χ0n) is 21.0. The average Bonchev–Trinajstić information content (AvgIpc) is 2.82. The number of aliphatic hydroxyl groups excluding tert-OH is 4. The third kappa shape index (κ3) is 6.06. The molecule has 34 heavy (non-hydrogen) atoms. The lowest BCUT2D eigenvalue weighted by Gasteiger charge is -2.46. The predicted molar refractivity (Wildman–Crippen MR) is 134 cm³/mol. The highest BCUT2D eigenvalue weighted by Gasteiger charge is 2.54. The van der Waals surface area contributed by atoms with E-state index in [9.17, 15) is 30.6 Å². The Morgan fingerprint density at radius 3 is 1.59 bits per heavy atom. The Kier molecular flexibility index (Phi) is 9.83. The fourth-order valence-corrected chi connectivity index (χ4v) is 4.83. The second-order valence-electron chi connectivity index (χ2n) is 10.1. The molecule has 0 aliphatic heterocycles. The molecule has 0 aliphatic rings. The zero-order valence-corrected chi connectivity index (χ0v) is 21.0. The number of hydrogen-bond donors (Lipinski definition) is 6. The maximum atomic E-state index is 11.8. The fourth-order valence-electron chi connectivity index (χ4n) is 4.83. The van der Waals surface area contributed by atoms with Crippen molar-refractivity contribution in [1.82, 2.24) is 0 Å². The summed E-state index contributed by atoms with van der Waals surface area (Å²) >= 11 is 0. The molecule has 190 valence electrons. The SMILES string of the molecule is CCC(O)(Cc1ccccc1C(C)C)[C@@H](O)[C@@](O)(Cc1ccccc1C(C)C)[C@H](O)[C@@H](O)CO. The molecule has 0 saturated heterocycles. The van der Waals surface area contributed by atoms with Crippen molar-refractivity contribution in [2.75, 3.05) is 6.61 Å². The van der Waals surface area contributed by atoms with E-state index in [2.05, 4.69) is 0 Å². The lowest BCUT2D eigenvalue weighted by atomic mass is 9.71. The van der Waals surface area contributed by atoms with Gasteiger partial charge in [-0.25, -0.2) is 0 Å². The van der Waals surface area contributed by atoms with Gasteiger partial charge in [-0.05, 0) is 40.5 Å². The van der Waals surface area contributed by atoms with Gasteiger partial charge < -0.3 is 30.6 Å². The first-order valence-electron chi connectivity index (χ1n) is 12.2. The third-order valence-electron chi connectivity index (χ3n) is 6.98. The smallest absolute Gasteiger partial charge is 0.126 e. The van der Waals surface area contributed by atoms with Gasteiger partial charge in [0.1, 0.15) is 23.9 Å². The number of rotatable bonds is 12. The van der Waals surface area contributed by atoms with E-state index in [0.29, 0.717) is 5.56 Å². The minimum absolute atomic E-state index is 0.0507. The lowest BCUT2D eigenvalue weighted by molar-refractivity contribution is -0.229. The van der Waals surface area contributed by atoms with Crippen molar-refractivity contribution < 1.29 is 30.6 Å². The molecule has 0 fully saturated rings. The highest BCUT2D eigenvalue weighted by Crippen LogP contribution is 2.36. The van der Waals surface area contributed by atoms with Crippen LogP contribution in [0.1, 0.15) is 75.1 Å². The first kappa shape index (κ1) is 28.4. The Morgan fingerprint density at radius 2 is 1.18 bits per heavy atom. The zero-order chi connectivity index (χ0) is 25.7. The molecule has 6 nitrogen and oxygen atoms in total. The molecule has 0 amide bonds. The van der Waals surface area contributed by atoms with E-state index in [-0.39, 0.29) is 31.1 Å². The van der Waals surface area contributed by atoms with Crippen LogP contribution in [0, 0.1) is 0 Å². The minimum Gasteiger partial charge on any atom is -0.394 e. The third-order valence-corrected chi connectivity index (χ3v) is 6.98. The normalized spacial score (nSPS) is 18.4. The van der Waals surface area contributed by atoms with Crippen LogP contribution >= 0.6 is 0 Å². The molecule has 5 atom stereocenters. The molecule has 0 radical (unpaired) electrons. The standard InChI is InChI=1S/C28H42O6/c1-6-27(33,15-20-11-7-9-13-22(20)18(2)3)26(32)28(34,25(31)24(30)17-29)16-21-12-8-10-14-23(21)19(4)5/h7-14,18-19,24-26,29-34H,6,15-17H2,1-5H3/t24-,25+,26+,27?,28+/m0/s1. The maximum Gasteiger partial charge on any atom is 0.126 e. The van der Waals surface area contributed by atoms with Crippen molar-refractivity contribution in [3.05, 3.63) is 70.8 Å². The Hall–Kier alpha value is -1.80. The Balaban J connectivity index is 2.57. The van der Waals surface area contributed by atoms with Gasteiger partial charge in [0.2, 0.25) is 0 Å². The molecular formula is C28H42O6. The molecule has 0 aromatic heterocycles. The van der Waals surface area contributed by atoms with Gasteiger partial charge in [0.25, 0.3) is 0 Å². The van der Waals surface area contributed by atoms with E-state index in [1.54, 1.807) is 19.1 Å². The molecule has 0 bridgehead atoms. The highest BCUT2D eigenvalue weighted by molar-refractivity contribution is 5.34. The Labute approximate surface area is 203 Å². The summed E-state index contributed by atoms with van der Waals surface area (Å²) in [5, 5.41) is 65.7. The van der Waals surface area contributed by atoms with E-state index in [0.717, 1.165) is 16.7 Å². The highest BCUT2D eigenvalue weighted by atomic mass is 16.4. The van der Waals surface area contributed by atoms with Crippen LogP contribution in [0.4, 0.5) is 0 Å². The molecule has 0 heterocycles. The van der Waals surface area contributed by atoms with Gasteiger partial charge in [-0.2, -0.15) is 0 Å². The Morgan fingerprint density at radius 1 is 0.735 bits per heavy atom. The lowest BCUT2D eigenvalue weighted by Crippen LogP contribution is -2.66. The largest absolute Gasteiger partial charge is 0.394 e. The van der Waals surface area contributed by atoms with Crippen molar-refractivity contribution in [1.29, 1.82) is 0 Å². The van der Waals surface area contributed by atoms with E-state index < -0.39 is 36.1 Å². The van der Waals surface area contributed by atoms with Gasteiger partial charge in [-0.15, -0.1) is 0 Å². The molecule has 0 aliphatic carbocycles. The van der Waals surface area contributed by atoms with E-state index in [1.165, 1.54) is 0 Å². The fraction of sp³-hybridized carbons (Fsp3) is 0.571. The van der Waals surface area contributed by atoms with E-state index in [4.69, 9.17) is 0 Å². The summed E-state index contributed by atoms with van der Waals surface area (Å²) in [7, 11) is 0. The molecule has 0 saturated carbocycles. The quantitative estimate of drug-likeness (QED) is 0.281. The summed E-state index contributed by atoms with van der Waals surface area (Å²) in [6, 6.07) is 15.0. The number of hydrogen-bond acceptors (Lipinski definition) is 6. The first-order valence-corrected chi connectivity index (χ1v) is 12.2. The molecule has 2 rings (SSSR count). The van der Waals surface area contributed by atoms with Gasteiger partial charge in [0.05, 0.1) is 12.2 Å². The van der Waals surface area contributed by atoms with E-state index in [1.807, 2.05) is 64.1 Å². The molecular weight excluding hydrogens is 432 g/mol. The Bertz CT molecular complexity index is 913. The van der Waals surface area contributed by atoms with Crippen molar-refractivity contribution in [2.24, 2.45) is 0 Å². The van der Waals surface area contributed by atoms with Crippen molar-refractivity contribution in [3.63, 3.8) is 0 Å². The summed E-state index contributed by atoms with van der Waals surface area (Å²) in [6.45, 7) is 8.99. The molecule has 2 aromatic carbocycles. The molecule has 0 spiro atoms. The number of benzene rings is 2. The summed E-state index contributed by atoms with van der Waals surface area (Å²) in [4.78, 5) is 0. The van der Waals surface area contributed by atoms with Crippen molar-refractivity contribution >= 4 is 0 Å². The van der Waals surface area contributed by atoms with Crippen LogP contribution in [0.25, 0.3) is 0 Å². The van der Waals surface area contributed by atoms with E-state index >= 15 is 0 Å². The van der Waals surface area contributed by atoms with Gasteiger partial charge in [0.15, 0.2) is 0 Å². The van der Waals surface area contributed by atoms with Crippen LogP contribution in [-0.4, -0.2) is 66.8 Å². The summed E-state index contributed by atoms with van der Waals surface area (Å²) < 4.78 is 0. The minimum atomic E-state index is -2.33. The summed E-state index contributed by atoms with van der Waals surface area (Å²) in [5.74, 6) is 0.300. The molecule has 6 heteroatoms. The van der Waals surface area contributed by atoms with Crippen LogP contribution in [-0.2, 0) is 12.8 Å². The van der Waals surface area contributed by atoms with Crippen LogP contribution < -0.4 is 0 Å². The van der Waals surface area contributed by atoms with Crippen LogP contribution in [0.5, 0.6) is 0 Å². The second-order valence-corrected chi connectivity index (χ2v) is 10.1. The molecule has 2 aromatic rings. The first-order chi connectivity index (χ1) is 15.9. The van der Waals surface area contributed by atoms with Gasteiger partial charge in [-0.3, -0.25) is 0 Å². The van der Waals surface area contributed by atoms with Gasteiger partial charge in [-0.1, -0.05) is 83.1 Å². The van der Waals surface area contributed by atoms with Crippen LogP contribution in [0.2, 0.25) is 0 Å². The van der Waals surface area contributed by atoms with Crippen LogP contribution in [0.3, 0.4) is 0 Å². The molecule has 6 N–H and O–H groups in total. The number of aliphatic hydroxyl groups is 6. The summed E-state index contributed by atoms with van der Waals surface area (Å²) in [5.41, 5.74) is -0.671. The predicted octanol–water partition coefficient (Wildman–Crippen LogP) is 2.67. The maximum absolute atomic E-state index is 11.8. The summed E-state index contributed by atoms with van der Waals surface area (Å²) in [6.07, 6.45) is -5.48. The van der Waals surface area contributed by atoms with Gasteiger partial charge in [0, 0.05) is 12.8 Å². The topological polar surface area (TPSA) is 121 Å². The monoisotopic (exact) mass is 474 g/mol. The van der Waals surface area contributed by atoms with Crippen LogP contribution in [0.15, 0.2) is 48.5 Å². The average molecular weight is 475 g/mol. The molecule has 1 unspecified atom stereocenters. The van der Waals surface area contributed by atoms with Gasteiger partial charge >= 0.3 is 0 Å². The van der Waals surface area contributed by atoms with Crippen molar-refractivity contribution in [2.45, 2.75) is 95.2 Å².